The molecule has 1 aromatic carbocycles. The Labute approximate surface area is 96.8 Å². The molecular weight excluding hydrogens is 194 g/mol. The van der Waals surface area contributed by atoms with Gasteiger partial charge in [0.2, 0.25) is 0 Å². The Morgan fingerprint density at radius 2 is 2.06 bits per heavy atom. The predicted octanol–water partition coefficient (Wildman–Crippen LogP) is 4.29. The molecular formula is C15H17N. The number of aromatic nitrogens is 1. The van der Waals surface area contributed by atoms with Gasteiger partial charge in [-0.05, 0) is 30.0 Å². The first-order valence-corrected chi connectivity index (χ1v) is 5.77. The number of para-hydroxylation sites is 1. The fraction of sp³-hybridized carbons (Fsp3) is 0.267. The molecule has 0 bridgehead atoms. The summed E-state index contributed by atoms with van der Waals surface area (Å²) in [6.45, 7) is 4.45. The summed E-state index contributed by atoms with van der Waals surface area (Å²) in [5.74, 6) is 0.713. The monoisotopic (exact) mass is 211 g/mol. The fourth-order valence-electron chi connectivity index (χ4n) is 1.66. The summed E-state index contributed by atoms with van der Waals surface area (Å²) in [6.07, 6.45) is 7.42. The lowest BCUT2D eigenvalue weighted by Crippen LogP contribution is -1.83. The Hall–Kier alpha value is -1.63. The average Bonchev–Trinajstić information content (AvgIpc) is 2.28. The molecule has 0 fully saturated rings. The zero-order valence-corrected chi connectivity index (χ0v) is 9.85. The minimum atomic E-state index is 0.713. The average molecular weight is 211 g/mol. The molecule has 0 unspecified atom stereocenters. The van der Waals surface area contributed by atoms with Gasteiger partial charge in [0.15, 0.2) is 0 Å². The van der Waals surface area contributed by atoms with Crippen molar-refractivity contribution in [1.82, 2.24) is 4.98 Å². The van der Waals surface area contributed by atoms with E-state index in [1.165, 1.54) is 10.9 Å². The van der Waals surface area contributed by atoms with Crippen molar-refractivity contribution in [3.05, 3.63) is 48.2 Å². The summed E-state index contributed by atoms with van der Waals surface area (Å²) < 4.78 is 0. The van der Waals surface area contributed by atoms with Crippen LogP contribution >= 0.6 is 0 Å². The number of rotatable bonds is 3. The van der Waals surface area contributed by atoms with E-state index in [0.717, 1.165) is 11.9 Å². The second-order valence-electron chi connectivity index (χ2n) is 4.49. The van der Waals surface area contributed by atoms with Gasteiger partial charge in [-0.1, -0.05) is 44.2 Å². The third kappa shape index (κ3) is 2.69. The molecule has 0 N–H and O–H groups in total. The minimum Gasteiger partial charge on any atom is -0.256 e. The lowest BCUT2D eigenvalue weighted by atomic mass is 10.1. The van der Waals surface area contributed by atoms with E-state index in [0.29, 0.717) is 5.92 Å². The molecule has 0 radical (unpaired) electrons. The number of hydrogen-bond donors (Lipinski definition) is 0. The smallest absolute Gasteiger partial charge is 0.0702 e. The van der Waals surface area contributed by atoms with Crippen molar-refractivity contribution >= 4 is 17.0 Å². The molecule has 0 atom stereocenters. The maximum Gasteiger partial charge on any atom is 0.0702 e. The van der Waals surface area contributed by atoms with Gasteiger partial charge in [-0.25, -0.2) is 0 Å². The summed E-state index contributed by atoms with van der Waals surface area (Å²) in [5, 5.41) is 1.20. The Kier molecular flexibility index (Phi) is 3.35. The van der Waals surface area contributed by atoms with Crippen LogP contribution in [0.3, 0.4) is 0 Å². The van der Waals surface area contributed by atoms with E-state index in [1.54, 1.807) is 0 Å². The number of benzene rings is 1. The van der Waals surface area contributed by atoms with E-state index in [-0.39, 0.29) is 0 Å². The second-order valence-corrected chi connectivity index (χ2v) is 4.49. The zero-order chi connectivity index (χ0) is 11.4. The molecule has 1 nitrogen and oxygen atoms in total. The van der Waals surface area contributed by atoms with Crippen LogP contribution in [0.25, 0.3) is 17.0 Å². The van der Waals surface area contributed by atoms with E-state index in [4.69, 9.17) is 0 Å². The number of nitrogens with zero attached hydrogens (tertiary/aromatic N) is 1. The highest BCUT2D eigenvalue weighted by Gasteiger charge is 1.94. The summed E-state index contributed by atoms with van der Waals surface area (Å²) in [6, 6.07) is 10.4. The number of allylic oxidation sites excluding steroid dienone is 1. The van der Waals surface area contributed by atoms with E-state index in [1.807, 2.05) is 24.4 Å². The van der Waals surface area contributed by atoms with E-state index >= 15 is 0 Å². The van der Waals surface area contributed by atoms with Crippen LogP contribution < -0.4 is 0 Å². The van der Waals surface area contributed by atoms with E-state index < -0.39 is 0 Å². The molecule has 0 spiro atoms. The van der Waals surface area contributed by atoms with Gasteiger partial charge in [0.05, 0.1) is 5.52 Å². The van der Waals surface area contributed by atoms with Gasteiger partial charge in [0.1, 0.15) is 0 Å². The van der Waals surface area contributed by atoms with Crippen LogP contribution in [0.5, 0.6) is 0 Å². The molecule has 1 heteroatoms. The quantitative estimate of drug-likeness (QED) is 0.737. The van der Waals surface area contributed by atoms with Gasteiger partial charge in [0.25, 0.3) is 0 Å². The van der Waals surface area contributed by atoms with Crippen LogP contribution in [0.15, 0.2) is 42.6 Å². The molecule has 16 heavy (non-hydrogen) atoms. The highest BCUT2D eigenvalue weighted by Crippen LogP contribution is 2.14. The summed E-state index contributed by atoms with van der Waals surface area (Å²) in [5.41, 5.74) is 2.24. The number of fused-ring (bicyclic) bond motifs is 1. The van der Waals surface area contributed by atoms with Crippen LogP contribution in [-0.2, 0) is 0 Å². The topological polar surface area (TPSA) is 12.9 Å². The number of hydrogen-bond acceptors (Lipinski definition) is 1. The third-order valence-corrected chi connectivity index (χ3v) is 2.53. The predicted molar refractivity (Wildman–Crippen MR) is 70.2 cm³/mol. The summed E-state index contributed by atoms with van der Waals surface area (Å²) >= 11 is 0. The first-order valence-electron chi connectivity index (χ1n) is 5.77. The van der Waals surface area contributed by atoms with Crippen molar-refractivity contribution in [3.63, 3.8) is 0 Å². The minimum absolute atomic E-state index is 0.713. The molecule has 2 rings (SSSR count). The molecule has 0 amide bonds. The highest BCUT2D eigenvalue weighted by atomic mass is 14.6. The van der Waals surface area contributed by atoms with Gasteiger partial charge >= 0.3 is 0 Å². The van der Waals surface area contributed by atoms with Crippen LogP contribution in [0.2, 0.25) is 0 Å². The lowest BCUT2D eigenvalue weighted by Gasteiger charge is -1.99. The molecule has 0 saturated heterocycles. The molecule has 0 aliphatic heterocycles. The van der Waals surface area contributed by atoms with Crippen molar-refractivity contribution in [3.8, 4) is 0 Å². The standard InChI is InChI=1S/C15H17N/c1-12(2)6-5-7-13-10-14-8-3-4-9-15(14)16-11-13/h3-5,7-12H,6H2,1-2H3/b7-5-. The third-order valence-electron chi connectivity index (χ3n) is 2.53. The van der Waals surface area contributed by atoms with E-state index in [2.05, 4.69) is 43.1 Å². The molecule has 0 aliphatic carbocycles. The van der Waals surface area contributed by atoms with Crippen molar-refractivity contribution in [2.75, 3.05) is 0 Å². The normalized spacial score (nSPS) is 11.7. The van der Waals surface area contributed by atoms with Gasteiger partial charge in [0, 0.05) is 11.6 Å². The Balaban J connectivity index is 2.22. The van der Waals surface area contributed by atoms with Crippen LogP contribution in [0.4, 0.5) is 0 Å². The SMILES string of the molecule is CC(C)C/C=C\c1cnc2ccccc2c1. The molecule has 82 valence electrons. The lowest BCUT2D eigenvalue weighted by molar-refractivity contribution is 0.665. The fourth-order valence-corrected chi connectivity index (χ4v) is 1.66. The molecule has 1 heterocycles. The second kappa shape index (κ2) is 4.93. The molecule has 0 saturated carbocycles. The van der Waals surface area contributed by atoms with Gasteiger partial charge < -0.3 is 0 Å². The van der Waals surface area contributed by atoms with Crippen molar-refractivity contribution in [2.24, 2.45) is 5.92 Å². The zero-order valence-electron chi connectivity index (χ0n) is 9.85. The first kappa shape index (κ1) is 10.9. The summed E-state index contributed by atoms with van der Waals surface area (Å²) in [4.78, 5) is 4.43. The van der Waals surface area contributed by atoms with Gasteiger partial charge in [-0.3, -0.25) is 4.98 Å². The summed E-state index contributed by atoms with van der Waals surface area (Å²) in [7, 11) is 0. The van der Waals surface area contributed by atoms with Crippen molar-refractivity contribution in [2.45, 2.75) is 20.3 Å². The van der Waals surface area contributed by atoms with Gasteiger partial charge in [-0.15, -0.1) is 0 Å². The molecule has 1 aromatic heterocycles. The number of pyridine rings is 1. The van der Waals surface area contributed by atoms with Gasteiger partial charge in [-0.2, -0.15) is 0 Å². The highest BCUT2D eigenvalue weighted by molar-refractivity contribution is 5.80. The van der Waals surface area contributed by atoms with Crippen LogP contribution in [-0.4, -0.2) is 4.98 Å². The van der Waals surface area contributed by atoms with Crippen molar-refractivity contribution in [1.29, 1.82) is 0 Å². The maximum atomic E-state index is 4.43. The molecule has 2 aromatic rings. The Morgan fingerprint density at radius 3 is 2.88 bits per heavy atom. The maximum absolute atomic E-state index is 4.43. The van der Waals surface area contributed by atoms with Crippen LogP contribution in [0, 0.1) is 5.92 Å². The Bertz CT molecular complexity index is 498. The van der Waals surface area contributed by atoms with E-state index in [9.17, 15) is 0 Å². The van der Waals surface area contributed by atoms with Crippen LogP contribution in [0.1, 0.15) is 25.8 Å². The van der Waals surface area contributed by atoms with Crippen molar-refractivity contribution < 1.29 is 0 Å². The Morgan fingerprint density at radius 1 is 1.25 bits per heavy atom. The molecule has 0 aliphatic rings. The largest absolute Gasteiger partial charge is 0.256 e. The first-order chi connectivity index (χ1) is 7.75.